The number of allylic oxidation sites excluding steroid dienone is 14. The van der Waals surface area contributed by atoms with Crippen molar-refractivity contribution in [3.05, 3.63) is 85.1 Å². The van der Waals surface area contributed by atoms with Gasteiger partial charge in [0.25, 0.3) is 0 Å². The van der Waals surface area contributed by atoms with Gasteiger partial charge in [0.2, 0.25) is 0 Å². The molecular formula is C49H84O4. The lowest BCUT2D eigenvalue weighted by Gasteiger charge is -2.15. The van der Waals surface area contributed by atoms with Crippen molar-refractivity contribution in [3.8, 4) is 0 Å². The molecule has 0 heterocycles. The van der Waals surface area contributed by atoms with E-state index in [0.717, 1.165) is 77.0 Å². The smallest absolute Gasteiger partial charge is 0.306 e. The highest BCUT2D eigenvalue weighted by Crippen LogP contribution is 2.12. The number of carbonyl (C=O) groups excluding carboxylic acids is 1. The molecule has 4 nitrogen and oxygen atoms in total. The van der Waals surface area contributed by atoms with E-state index in [-0.39, 0.29) is 19.2 Å². The fraction of sp³-hybridized carbons (Fsp3) is 0.694. The third kappa shape index (κ3) is 43.9. The largest absolute Gasteiger partial charge is 0.457 e. The molecule has 0 spiro atoms. The fourth-order valence-corrected chi connectivity index (χ4v) is 5.91. The van der Waals surface area contributed by atoms with Crippen molar-refractivity contribution < 1.29 is 19.4 Å². The molecule has 1 N–H and O–H groups in total. The van der Waals surface area contributed by atoms with Crippen molar-refractivity contribution in [2.24, 2.45) is 0 Å². The molecule has 1 unspecified atom stereocenters. The van der Waals surface area contributed by atoms with Crippen molar-refractivity contribution in [2.75, 3.05) is 19.8 Å². The monoisotopic (exact) mass is 737 g/mol. The Balaban J connectivity index is 3.54. The molecule has 0 aliphatic heterocycles. The highest BCUT2D eigenvalue weighted by atomic mass is 16.6. The summed E-state index contributed by atoms with van der Waals surface area (Å²) in [4.78, 5) is 12.2. The molecule has 0 radical (unpaired) electrons. The standard InChI is InChI=1S/C49H84O4/c1-3-5-7-9-11-13-15-17-19-21-23-24-25-26-27-28-30-32-34-36-38-40-42-44-49(51)53-48(46-50)47-52-45-43-41-39-37-35-33-31-29-22-20-18-16-14-12-10-8-6-4-2/h5,7,11,13,17-20,23-24,26-27,30,32,48,50H,3-4,6,8-10,12,14-16,21-22,25,28-29,31,33-47H2,1-2H3/b7-5-,13-11-,19-17-,20-18-,24-23-,27-26-,32-30-. The molecule has 304 valence electrons. The Hall–Kier alpha value is -2.43. The zero-order valence-corrected chi connectivity index (χ0v) is 34.8. The maximum atomic E-state index is 12.2. The Labute approximate surface area is 329 Å². The van der Waals surface area contributed by atoms with Gasteiger partial charge in [0.05, 0.1) is 13.2 Å². The number of ether oxygens (including phenoxy) is 2. The highest BCUT2D eigenvalue weighted by Gasteiger charge is 2.13. The van der Waals surface area contributed by atoms with Gasteiger partial charge in [-0.15, -0.1) is 0 Å². The summed E-state index contributed by atoms with van der Waals surface area (Å²) in [6, 6.07) is 0. The van der Waals surface area contributed by atoms with Gasteiger partial charge in [0.1, 0.15) is 6.10 Å². The lowest BCUT2D eigenvalue weighted by molar-refractivity contribution is -0.154. The first-order chi connectivity index (χ1) is 26.2. The molecule has 0 aliphatic carbocycles. The van der Waals surface area contributed by atoms with E-state index in [1.54, 1.807) is 0 Å². The van der Waals surface area contributed by atoms with Crippen molar-refractivity contribution in [1.82, 2.24) is 0 Å². The number of unbranched alkanes of at least 4 members (excludes halogenated alkanes) is 18. The van der Waals surface area contributed by atoms with Crippen LogP contribution in [0.25, 0.3) is 0 Å². The molecule has 0 aromatic carbocycles. The SMILES string of the molecule is CC/C=C\C/C=C\C/C=C\C/C=C\C/C=C\C/C=C\CCCCCCC(=O)OC(CO)COCCCCCCCCCC/C=C\CCCCCCCC. The molecule has 0 fully saturated rings. The summed E-state index contributed by atoms with van der Waals surface area (Å²) in [5.74, 6) is -0.228. The molecule has 0 saturated heterocycles. The quantitative estimate of drug-likeness (QED) is 0.0387. The van der Waals surface area contributed by atoms with Crippen LogP contribution in [0.2, 0.25) is 0 Å². The van der Waals surface area contributed by atoms with Gasteiger partial charge >= 0.3 is 5.97 Å². The van der Waals surface area contributed by atoms with Gasteiger partial charge in [-0.2, -0.15) is 0 Å². The van der Waals surface area contributed by atoms with Crippen LogP contribution in [0.1, 0.15) is 194 Å². The maximum Gasteiger partial charge on any atom is 0.306 e. The van der Waals surface area contributed by atoms with E-state index in [0.29, 0.717) is 13.0 Å². The summed E-state index contributed by atoms with van der Waals surface area (Å²) in [6.45, 7) is 5.19. The highest BCUT2D eigenvalue weighted by molar-refractivity contribution is 5.69. The molecule has 0 aromatic heterocycles. The van der Waals surface area contributed by atoms with Crippen LogP contribution in [0.5, 0.6) is 0 Å². The van der Waals surface area contributed by atoms with E-state index in [9.17, 15) is 9.90 Å². The van der Waals surface area contributed by atoms with Gasteiger partial charge in [0.15, 0.2) is 0 Å². The summed E-state index contributed by atoms with van der Waals surface area (Å²) in [6.07, 6.45) is 63.6. The Morgan fingerprint density at radius 1 is 0.472 bits per heavy atom. The summed E-state index contributed by atoms with van der Waals surface area (Å²) in [5.41, 5.74) is 0. The van der Waals surface area contributed by atoms with Crippen LogP contribution in [0.3, 0.4) is 0 Å². The second-order valence-electron chi connectivity index (χ2n) is 14.4. The van der Waals surface area contributed by atoms with E-state index < -0.39 is 6.10 Å². The predicted octanol–water partition coefficient (Wildman–Crippen LogP) is 14.8. The van der Waals surface area contributed by atoms with Crippen molar-refractivity contribution >= 4 is 5.97 Å². The Bertz CT molecular complexity index is 954. The third-order valence-corrected chi connectivity index (χ3v) is 9.20. The van der Waals surface area contributed by atoms with Gasteiger partial charge in [-0.3, -0.25) is 4.79 Å². The van der Waals surface area contributed by atoms with Crippen LogP contribution in [-0.2, 0) is 14.3 Å². The number of carbonyl (C=O) groups is 1. The van der Waals surface area contributed by atoms with Gasteiger partial charge in [-0.1, -0.05) is 182 Å². The third-order valence-electron chi connectivity index (χ3n) is 9.20. The van der Waals surface area contributed by atoms with Crippen LogP contribution < -0.4 is 0 Å². The number of esters is 1. The average molecular weight is 737 g/mol. The minimum absolute atomic E-state index is 0.188. The molecule has 1 atom stereocenters. The van der Waals surface area contributed by atoms with E-state index in [2.05, 4.69) is 98.9 Å². The second kappa shape index (κ2) is 45.7. The van der Waals surface area contributed by atoms with E-state index in [1.807, 2.05) is 0 Å². The second-order valence-corrected chi connectivity index (χ2v) is 14.4. The lowest BCUT2D eigenvalue weighted by Crippen LogP contribution is -2.27. The summed E-state index contributed by atoms with van der Waals surface area (Å²) in [5, 5.41) is 9.61. The van der Waals surface area contributed by atoms with Gasteiger partial charge in [0, 0.05) is 13.0 Å². The van der Waals surface area contributed by atoms with Gasteiger partial charge in [-0.25, -0.2) is 0 Å². The summed E-state index contributed by atoms with van der Waals surface area (Å²) < 4.78 is 11.2. The number of aliphatic hydroxyl groups excluding tert-OH is 1. The number of rotatable bonds is 40. The summed E-state index contributed by atoms with van der Waals surface area (Å²) >= 11 is 0. The van der Waals surface area contributed by atoms with Crippen LogP contribution in [-0.4, -0.2) is 37.0 Å². The topological polar surface area (TPSA) is 55.8 Å². The molecule has 0 aromatic rings. The first-order valence-corrected chi connectivity index (χ1v) is 22.2. The van der Waals surface area contributed by atoms with Crippen molar-refractivity contribution in [3.63, 3.8) is 0 Å². The molecule has 0 amide bonds. The molecule has 0 aliphatic rings. The Kier molecular flexibility index (Phi) is 43.6. The van der Waals surface area contributed by atoms with Crippen LogP contribution in [0.4, 0.5) is 0 Å². The number of hydrogen-bond acceptors (Lipinski definition) is 4. The minimum atomic E-state index is -0.555. The van der Waals surface area contributed by atoms with E-state index in [1.165, 1.54) is 96.3 Å². The van der Waals surface area contributed by atoms with Crippen molar-refractivity contribution in [1.29, 1.82) is 0 Å². The van der Waals surface area contributed by atoms with E-state index >= 15 is 0 Å². The minimum Gasteiger partial charge on any atom is -0.457 e. The molecule has 53 heavy (non-hydrogen) atoms. The van der Waals surface area contributed by atoms with Crippen LogP contribution >= 0.6 is 0 Å². The van der Waals surface area contributed by atoms with Gasteiger partial charge < -0.3 is 14.6 Å². The van der Waals surface area contributed by atoms with Crippen LogP contribution in [0, 0.1) is 0 Å². The number of hydrogen-bond donors (Lipinski definition) is 1. The first kappa shape index (κ1) is 50.6. The maximum absolute atomic E-state index is 12.2. The molecule has 0 saturated carbocycles. The first-order valence-electron chi connectivity index (χ1n) is 22.2. The molecular weight excluding hydrogens is 653 g/mol. The van der Waals surface area contributed by atoms with Crippen molar-refractivity contribution in [2.45, 2.75) is 200 Å². The Morgan fingerprint density at radius 2 is 0.849 bits per heavy atom. The fourth-order valence-electron chi connectivity index (χ4n) is 5.91. The van der Waals surface area contributed by atoms with E-state index in [4.69, 9.17) is 9.47 Å². The summed E-state index contributed by atoms with van der Waals surface area (Å²) in [7, 11) is 0. The van der Waals surface area contributed by atoms with Crippen LogP contribution in [0.15, 0.2) is 85.1 Å². The normalized spacial score (nSPS) is 13.2. The average Bonchev–Trinajstić information content (AvgIpc) is 3.16. The van der Waals surface area contributed by atoms with Gasteiger partial charge in [-0.05, 0) is 89.9 Å². The zero-order chi connectivity index (χ0) is 38.4. The molecule has 0 rings (SSSR count). The molecule has 0 bridgehead atoms. The number of aliphatic hydroxyl groups is 1. The zero-order valence-electron chi connectivity index (χ0n) is 34.8. The lowest BCUT2D eigenvalue weighted by atomic mass is 10.1. The predicted molar refractivity (Wildman–Crippen MR) is 232 cm³/mol. The molecule has 4 heteroatoms. The Morgan fingerprint density at radius 3 is 1.30 bits per heavy atom.